The van der Waals surface area contributed by atoms with Gasteiger partial charge in [0.25, 0.3) is 5.91 Å². The van der Waals surface area contributed by atoms with E-state index >= 15 is 0 Å². The van der Waals surface area contributed by atoms with Crippen molar-refractivity contribution in [2.24, 2.45) is 0 Å². The van der Waals surface area contributed by atoms with Gasteiger partial charge in [0, 0.05) is 43.3 Å². The highest BCUT2D eigenvalue weighted by molar-refractivity contribution is 5.94. The summed E-state index contributed by atoms with van der Waals surface area (Å²) in [6.07, 6.45) is -1.73. The molecule has 2 aliphatic heterocycles. The molecule has 31 heavy (non-hydrogen) atoms. The van der Waals surface area contributed by atoms with Crippen molar-refractivity contribution in [2.45, 2.75) is 44.4 Å². The standard InChI is InChI=1S/C23H24F3N3O2/c24-23(25,26)18-3-1-2-17(13-18)22(31)27-19-8-10-29(11-9-19)14-15-4-5-16-6-7-21(30)28-20(16)12-15/h1-5,12-13,19H,6-11,14H2,(H,27,31)(H,28,30). The molecule has 2 aliphatic rings. The molecule has 0 aliphatic carbocycles. The number of anilines is 1. The average Bonchev–Trinajstić information content (AvgIpc) is 2.74. The van der Waals surface area contributed by atoms with Crippen molar-refractivity contribution >= 4 is 17.5 Å². The summed E-state index contributed by atoms with van der Waals surface area (Å²) >= 11 is 0. The number of amides is 2. The first-order valence-corrected chi connectivity index (χ1v) is 10.4. The fourth-order valence-electron chi connectivity index (χ4n) is 4.12. The van der Waals surface area contributed by atoms with E-state index in [-0.39, 0.29) is 17.5 Å². The highest BCUT2D eigenvalue weighted by Crippen LogP contribution is 2.29. The van der Waals surface area contributed by atoms with Crippen LogP contribution in [0.3, 0.4) is 0 Å². The number of rotatable bonds is 4. The van der Waals surface area contributed by atoms with Crippen molar-refractivity contribution in [3.05, 3.63) is 64.7 Å². The Hall–Kier alpha value is -2.87. The summed E-state index contributed by atoms with van der Waals surface area (Å²) in [6, 6.07) is 10.6. The molecule has 2 heterocycles. The van der Waals surface area contributed by atoms with E-state index < -0.39 is 17.6 Å². The summed E-state index contributed by atoms with van der Waals surface area (Å²) in [7, 11) is 0. The molecular weight excluding hydrogens is 407 g/mol. The van der Waals surface area contributed by atoms with Gasteiger partial charge in [0.05, 0.1) is 5.56 Å². The lowest BCUT2D eigenvalue weighted by molar-refractivity contribution is -0.137. The molecular formula is C23H24F3N3O2. The Morgan fingerprint density at radius 2 is 1.87 bits per heavy atom. The van der Waals surface area contributed by atoms with Crippen LogP contribution in [0.25, 0.3) is 0 Å². The molecule has 2 amide bonds. The van der Waals surface area contributed by atoms with E-state index in [0.29, 0.717) is 6.42 Å². The average molecular weight is 431 g/mol. The summed E-state index contributed by atoms with van der Waals surface area (Å²) in [5.74, 6) is -0.433. The second-order valence-electron chi connectivity index (χ2n) is 8.14. The molecule has 1 fully saturated rings. The van der Waals surface area contributed by atoms with Crippen LogP contribution in [0.2, 0.25) is 0 Å². The Labute approximate surface area is 178 Å². The minimum Gasteiger partial charge on any atom is -0.349 e. The number of likely N-dealkylation sites (tertiary alicyclic amines) is 1. The van der Waals surface area contributed by atoms with Crippen molar-refractivity contribution in [3.8, 4) is 0 Å². The predicted molar refractivity (Wildman–Crippen MR) is 111 cm³/mol. The van der Waals surface area contributed by atoms with Gasteiger partial charge in [-0.1, -0.05) is 18.2 Å². The smallest absolute Gasteiger partial charge is 0.349 e. The molecule has 0 spiro atoms. The van der Waals surface area contributed by atoms with E-state index in [9.17, 15) is 22.8 Å². The summed E-state index contributed by atoms with van der Waals surface area (Å²) in [6.45, 7) is 2.30. The van der Waals surface area contributed by atoms with Crippen LogP contribution in [-0.2, 0) is 23.9 Å². The highest BCUT2D eigenvalue weighted by Gasteiger charge is 2.31. The quantitative estimate of drug-likeness (QED) is 0.770. The molecule has 8 heteroatoms. The Bertz CT molecular complexity index is 982. The summed E-state index contributed by atoms with van der Waals surface area (Å²) in [5, 5.41) is 5.78. The fourth-order valence-corrected chi connectivity index (χ4v) is 4.12. The molecule has 164 valence electrons. The number of piperidine rings is 1. The van der Waals surface area contributed by atoms with Crippen LogP contribution in [0.4, 0.5) is 18.9 Å². The van der Waals surface area contributed by atoms with Crippen LogP contribution in [-0.4, -0.2) is 35.8 Å². The summed E-state index contributed by atoms with van der Waals surface area (Å²) in [5.41, 5.74) is 2.35. The minimum absolute atomic E-state index is 0.0216. The first kappa shape index (κ1) is 21.4. The van der Waals surface area contributed by atoms with Gasteiger partial charge in [0.2, 0.25) is 5.91 Å². The number of nitrogens with zero attached hydrogens (tertiary/aromatic N) is 1. The maximum Gasteiger partial charge on any atom is 0.416 e. The number of hydrogen-bond acceptors (Lipinski definition) is 3. The number of carbonyl (C=O) groups excluding carboxylic acids is 2. The van der Waals surface area contributed by atoms with Crippen LogP contribution in [0.5, 0.6) is 0 Å². The third-order valence-electron chi connectivity index (χ3n) is 5.85. The Balaban J connectivity index is 1.30. The normalized spacial score (nSPS) is 17.7. The Morgan fingerprint density at radius 3 is 2.61 bits per heavy atom. The third kappa shape index (κ3) is 5.25. The van der Waals surface area contributed by atoms with Crippen molar-refractivity contribution in [2.75, 3.05) is 18.4 Å². The molecule has 0 radical (unpaired) electrons. The van der Waals surface area contributed by atoms with Crippen LogP contribution in [0.15, 0.2) is 42.5 Å². The van der Waals surface area contributed by atoms with Crippen molar-refractivity contribution in [3.63, 3.8) is 0 Å². The molecule has 0 aromatic heterocycles. The molecule has 1 saturated heterocycles. The number of aryl methyl sites for hydroxylation is 1. The first-order chi connectivity index (χ1) is 14.8. The van der Waals surface area contributed by atoms with Gasteiger partial charge in [0.15, 0.2) is 0 Å². The van der Waals surface area contributed by atoms with E-state index in [1.165, 1.54) is 12.1 Å². The second-order valence-corrected chi connectivity index (χ2v) is 8.14. The zero-order chi connectivity index (χ0) is 22.0. The summed E-state index contributed by atoms with van der Waals surface area (Å²) < 4.78 is 38.6. The van der Waals surface area contributed by atoms with Crippen LogP contribution >= 0.6 is 0 Å². The zero-order valence-electron chi connectivity index (χ0n) is 17.0. The van der Waals surface area contributed by atoms with E-state index in [1.807, 2.05) is 6.07 Å². The van der Waals surface area contributed by atoms with Gasteiger partial charge in [-0.15, -0.1) is 0 Å². The number of alkyl halides is 3. The first-order valence-electron chi connectivity index (χ1n) is 10.4. The third-order valence-corrected chi connectivity index (χ3v) is 5.85. The molecule has 0 atom stereocenters. The highest BCUT2D eigenvalue weighted by atomic mass is 19.4. The lowest BCUT2D eigenvalue weighted by Crippen LogP contribution is -2.44. The molecule has 5 nitrogen and oxygen atoms in total. The minimum atomic E-state index is -4.47. The maximum absolute atomic E-state index is 12.9. The largest absolute Gasteiger partial charge is 0.416 e. The zero-order valence-corrected chi connectivity index (χ0v) is 17.0. The Kier molecular flexibility index (Phi) is 6.00. The number of hydrogen-bond donors (Lipinski definition) is 2. The predicted octanol–water partition coefficient (Wildman–Crippen LogP) is 3.98. The van der Waals surface area contributed by atoms with Gasteiger partial charge >= 0.3 is 6.18 Å². The SMILES string of the molecule is O=C1CCc2ccc(CN3CCC(NC(=O)c4cccc(C(F)(F)F)c4)CC3)cc2N1. The van der Waals surface area contributed by atoms with Crippen LogP contribution in [0.1, 0.15) is 46.3 Å². The van der Waals surface area contributed by atoms with Crippen molar-refractivity contribution < 1.29 is 22.8 Å². The monoisotopic (exact) mass is 431 g/mol. The van der Waals surface area contributed by atoms with E-state index in [0.717, 1.165) is 67.8 Å². The topological polar surface area (TPSA) is 61.4 Å². The fraction of sp³-hybridized carbons (Fsp3) is 0.391. The van der Waals surface area contributed by atoms with Gasteiger partial charge in [-0.25, -0.2) is 0 Å². The lowest BCUT2D eigenvalue weighted by Gasteiger charge is -2.32. The molecule has 0 saturated carbocycles. The Morgan fingerprint density at radius 1 is 1.10 bits per heavy atom. The maximum atomic E-state index is 12.9. The number of nitrogens with one attached hydrogen (secondary N) is 2. The number of benzene rings is 2. The van der Waals surface area contributed by atoms with Gasteiger partial charge in [-0.3, -0.25) is 14.5 Å². The number of halogens is 3. The molecule has 0 unspecified atom stereocenters. The number of carbonyl (C=O) groups is 2. The van der Waals surface area contributed by atoms with Crippen LogP contribution in [0, 0.1) is 0 Å². The van der Waals surface area contributed by atoms with Gasteiger partial charge in [-0.2, -0.15) is 13.2 Å². The van der Waals surface area contributed by atoms with Gasteiger partial charge in [0.1, 0.15) is 0 Å². The molecule has 0 bridgehead atoms. The molecule has 2 N–H and O–H groups in total. The summed E-state index contributed by atoms with van der Waals surface area (Å²) in [4.78, 5) is 26.3. The van der Waals surface area contributed by atoms with E-state index in [2.05, 4.69) is 27.7 Å². The lowest BCUT2D eigenvalue weighted by atomic mass is 9.99. The van der Waals surface area contributed by atoms with E-state index in [1.54, 1.807) is 0 Å². The number of fused-ring (bicyclic) bond motifs is 1. The second kappa shape index (κ2) is 8.70. The van der Waals surface area contributed by atoms with Gasteiger partial charge in [-0.05, 0) is 54.7 Å². The van der Waals surface area contributed by atoms with Gasteiger partial charge < -0.3 is 10.6 Å². The van der Waals surface area contributed by atoms with Crippen molar-refractivity contribution in [1.82, 2.24) is 10.2 Å². The molecule has 2 aromatic rings. The molecule has 4 rings (SSSR count). The molecule has 2 aromatic carbocycles. The van der Waals surface area contributed by atoms with Crippen molar-refractivity contribution in [1.29, 1.82) is 0 Å². The van der Waals surface area contributed by atoms with Crippen LogP contribution < -0.4 is 10.6 Å². The van der Waals surface area contributed by atoms with E-state index in [4.69, 9.17) is 0 Å².